The molecular weight excluding hydrogens is 340 g/mol. The summed E-state index contributed by atoms with van der Waals surface area (Å²) in [5, 5.41) is 0. The first kappa shape index (κ1) is 18.3. The van der Waals surface area contributed by atoms with Crippen LogP contribution in [0.3, 0.4) is 0 Å². The zero-order valence-electron chi connectivity index (χ0n) is 14.8. The van der Waals surface area contributed by atoms with Crippen molar-refractivity contribution in [3.05, 3.63) is 30.1 Å². The monoisotopic (exact) mass is 366 g/mol. The van der Waals surface area contributed by atoms with E-state index in [1.54, 1.807) is 30.8 Å². The second kappa shape index (κ2) is 7.39. The van der Waals surface area contributed by atoms with E-state index in [2.05, 4.69) is 4.98 Å². The highest BCUT2D eigenvalue weighted by molar-refractivity contribution is 7.86. The molecule has 0 N–H and O–H groups in total. The van der Waals surface area contributed by atoms with Gasteiger partial charge >= 0.3 is 0 Å². The predicted octanol–water partition coefficient (Wildman–Crippen LogP) is 0.743. The highest BCUT2D eigenvalue weighted by Gasteiger charge is 2.41. The van der Waals surface area contributed by atoms with Crippen molar-refractivity contribution in [3.63, 3.8) is 0 Å². The number of hydrogen-bond acceptors (Lipinski definition) is 4. The number of pyridine rings is 1. The van der Waals surface area contributed by atoms with E-state index in [1.807, 2.05) is 17.0 Å². The van der Waals surface area contributed by atoms with Gasteiger partial charge in [-0.15, -0.1) is 0 Å². The molecule has 3 fully saturated rings. The molecule has 1 aromatic heterocycles. The second-order valence-electron chi connectivity index (χ2n) is 7.11. The molecular formula is C17H26N4O3S. The van der Waals surface area contributed by atoms with Gasteiger partial charge < -0.3 is 4.90 Å². The first-order chi connectivity index (χ1) is 11.9. The van der Waals surface area contributed by atoms with Crippen molar-refractivity contribution in [3.8, 4) is 0 Å². The fraction of sp³-hybridized carbons (Fsp3) is 0.647. The van der Waals surface area contributed by atoms with Crippen molar-refractivity contribution >= 4 is 16.1 Å². The average molecular weight is 366 g/mol. The van der Waals surface area contributed by atoms with Crippen molar-refractivity contribution in [1.82, 2.24) is 18.5 Å². The van der Waals surface area contributed by atoms with E-state index in [9.17, 15) is 13.2 Å². The van der Waals surface area contributed by atoms with Crippen LogP contribution in [-0.2, 0) is 21.4 Å². The Hall–Kier alpha value is -1.51. The van der Waals surface area contributed by atoms with Gasteiger partial charge in [0.1, 0.15) is 0 Å². The number of rotatable bonds is 5. The lowest BCUT2D eigenvalue weighted by Crippen LogP contribution is -2.48. The van der Waals surface area contributed by atoms with Gasteiger partial charge in [-0.3, -0.25) is 9.78 Å². The lowest BCUT2D eigenvalue weighted by atomic mass is 9.94. The number of nitrogens with zero attached hydrogens (tertiary/aromatic N) is 4. The topological polar surface area (TPSA) is 73.8 Å². The SMILES string of the molecule is CN(C)S(=O)(=O)N1C[C@@H]2CC[C@H](C1)N(C(=O)CCc1ccncc1)C2. The van der Waals surface area contributed by atoms with Crippen LogP contribution in [0.2, 0.25) is 0 Å². The van der Waals surface area contributed by atoms with Gasteiger partial charge in [0.25, 0.3) is 10.2 Å². The number of hydrogen-bond donors (Lipinski definition) is 0. The Morgan fingerprint density at radius 2 is 1.92 bits per heavy atom. The molecule has 1 amide bonds. The van der Waals surface area contributed by atoms with Crippen molar-refractivity contribution in [2.45, 2.75) is 31.7 Å². The Morgan fingerprint density at radius 3 is 2.60 bits per heavy atom. The summed E-state index contributed by atoms with van der Waals surface area (Å²) in [5.74, 6) is 0.342. The molecule has 0 spiro atoms. The van der Waals surface area contributed by atoms with E-state index in [0.717, 1.165) is 18.4 Å². The summed E-state index contributed by atoms with van der Waals surface area (Å²) >= 11 is 0. The maximum absolute atomic E-state index is 12.7. The molecule has 4 rings (SSSR count). The molecule has 3 aliphatic rings. The first-order valence-electron chi connectivity index (χ1n) is 8.74. The molecule has 2 bridgehead atoms. The molecule has 8 heteroatoms. The highest BCUT2D eigenvalue weighted by atomic mass is 32.2. The third kappa shape index (κ3) is 4.02. The largest absolute Gasteiger partial charge is 0.338 e. The van der Waals surface area contributed by atoms with Gasteiger partial charge in [-0.1, -0.05) is 0 Å². The lowest BCUT2D eigenvalue weighted by Gasteiger charge is -2.36. The minimum Gasteiger partial charge on any atom is -0.338 e. The van der Waals surface area contributed by atoms with Crippen LogP contribution in [0.1, 0.15) is 24.8 Å². The Morgan fingerprint density at radius 1 is 1.20 bits per heavy atom. The van der Waals surface area contributed by atoms with Gasteiger partial charge in [0.05, 0.1) is 0 Å². The number of aryl methyl sites for hydroxylation is 1. The molecule has 0 aromatic carbocycles. The quantitative estimate of drug-likeness (QED) is 0.771. The fourth-order valence-electron chi connectivity index (χ4n) is 3.71. The third-order valence-corrected chi connectivity index (χ3v) is 7.04. The normalized spacial score (nSPS) is 24.5. The smallest absolute Gasteiger partial charge is 0.281 e. The molecule has 25 heavy (non-hydrogen) atoms. The molecule has 0 aliphatic carbocycles. The van der Waals surface area contributed by atoms with Crippen LogP contribution in [-0.4, -0.2) is 72.6 Å². The van der Waals surface area contributed by atoms with Crippen molar-refractivity contribution < 1.29 is 13.2 Å². The molecule has 3 aliphatic heterocycles. The minimum absolute atomic E-state index is 0.0154. The van der Waals surface area contributed by atoms with Gasteiger partial charge in [0.2, 0.25) is 5.91 Å². The minimum atomic E-state index is -3.43. The molecule has 4 heterocycles. The van der Waals surface area contributed by atoms with Crippen molar-refractivity contribution in [2.24, 2.45) is 5.92 Å². The van der Waals surface area contributed by atoms with Gasteiger partial charge in [-0.2, -0.15) is 17.0 Å². The third-order valence-electron chi connectivity index (χ3n) is 5.16. The summed E-state index contributed by atoms with van der Waals surface area (Å²) in [6.07, 6.45) is 6.47. The zero-order valence-corrected chi connectivity index (χ0v) is 15.7. The number of piperidine rings is 1. The average Bonchev–Trinajstić information content (AvgIpc) is 2.93. The number of carbonyl (C=O) groups is 1. The van der Waals surface area contributed by atoms with Gasteiger partial charge in [0, 0.05) is 58.6 Å². The fourth-order valence-corrected chi connectivity index (χ4v) is 4.93. The zero-order chi connectivity index (χ0) is 18.0. The summed E-state index contributed by atoms with van der Waals surface area (Å²) in [4.78, 5) is 18.6. The van der Waals surface area contributed by atoms with Crippen LogP contribution in [0, 0.1) is 5.92 Å². The van der Waals surface area contributed by atoms with Crippen LogP contribution in [0.5, 0.6) is 0 Å². The van der Waals surface area contributed by atoms with E-state index >= 15 is 0 Å². The van der Waals surface area contributed by atoms with Crippen LogP contribution in [0.25, 0.3) is 0 Å². The Labute approximate surface area is 149 Å². The Bertz CT molecular complexity index is 708. The van der Waals surface area contributed by atoms with Crippen molar-refractivity contribution in [1.29, 1.82) is 0 Å². The van der Waals surface area contributed by atoms with E-state index in [1.165, 1.54) is 4.31 Å². The van der Waals surface area contributed by atoms with E-state index in [0.29, 0.717) is 32.5 Å². The number of aromatic nitrogens is 1. The van der Waals surface area contributed by atoms with Crippen LogP contribution >= 0.6 is 0 Å². The van der Waals surface area contributed by atoms with Gasteiger partial charge in [-0.25, -0.2) is 0 Å². The summed E-state index contributed by atoms with van der Waals surface area (Å²) in [6, 6.07) is 3.83. The molecule has 2 atom stereocenters. The predicted molar refractivity (Wildman–Crippen MR) is 95.0 cm³/mol. The summed E-state index contributed by atoms with van der Waals surface area (Å²) in [6.45, 7) is 1.57. The van der Waals surface area contributed by atoms with Crippen molar-refractivity contribution in [2.75, 3.05) is 33.7 Å². The standard InChI is InChI=1S/C17H26N4O3S/c1-19(2)25(23,24)20-11-15-3-5-16(13-20)21(12-15)17(22)6-4-14-7-9-18-10-8-14/h7-10,15-16H,3-6,11-13H2,1-2H3/t15-,16+/m0/s1. The summed E-state index contributed by atoms with van der Waals surface area (Å²) in [5.41, 5.74) is 1.10. The summed E-state index contributed by atoms with van der Waals surface area (Å²) in [7, 11) is -0.321. The Balaban J connectivity index is 1.67. The van der Waals surface area contributed by atoms with Gasteiger partial charge in [0.15, 0.2) is 0 Å². The van der Waals surface area contributed by atoms with E-state index in [-0.39, 0.29) is 17.9 Å². The number of fused-ring (bicyclic) bond motifs is 4. The van der Waals surface area contributed by atoms with E-state index < -0.39 is 10.2 Å². The molecule has 3 saturated heterocycles. The molecule has 138 valence electrons. The maximum atomic E-state index is 12.7. The molecule has 0 radical (unpaired) electrons. The second-order valence-corrected chi connectivity index (χ2v) is 9.25. The summed E-state index contributed by atoms with van der Waals surface area (Å²) < 4.78 is 27.8. The highest BCUT2D eigenvalue weighted by Crippen LogP contribution is 2.30. The molecule has 0 saturated carbocycles. The van der Waals surface area contributed by atoms with E-state index in [4.69, 9.17) is 0 Å². The van der Waals surface area contributed by atoms with Crippen LogP contribution in [0.15, 0.2) is 24.5 Å². The van der Waals surface area contributed by atoms with Crippen LogP contribution in [0.4, 0.5) is 0 Å². The number of carbonyl (C=O) groups excluding carboxylic acids is 1. The molecule has 7 nitrogen and oxygen atoms in total. The number of amides is 1. The first-order valence-corrected chi connectivity index (χ1v) is 10.1. The van der Waals surface area contributed by atoms with Gasteiger partial charge in [-0.05, 0) is 42.9 Å². The maximum Gasteiger partial charge on any atom is 0.281 e. The van der Waals surface area contributed by atoms with Crippen LogP contribution < -0.4 is 0 Å². The molecule has 1 aromatic rings. The Kier molecular flexibility index (Phi) is 5.41. The lowest BCUT2D eigenvalue weighted by molar-refractivity contribution is -0.135. The molecule has 0 unspecified atom stereocenters.